The maximum Gasteiger partial charge on any atom is 0.413 e. The molecule has 110 valence electrons. The maximum absolute atomic E-state index is 12.3. The van der Waals surface area contributed by atoms with Crippen LogP contribution in [0.2, 0.25) is 0 Å². The van der Waals surface area contributed by atoms with E-state index >= 15 is 0 Å². The van der Waals surface area contributed by atoms with Crippen molar-refractivity contribution in [3.05, 3.63) is 0 Å². The lowest BCUT2D eigenvalue weighted by Crippen LogP contribution is -2.51. The SMILES string of the molecule is CN1C(=O)[C@@H](Br)N(C(=O)OC(C)(C)C)[C@@H]1C(C)(C)C. The number of alkyl halides is 1. The molecule has 19 heavy (non-hydrogen) atoms. The molecule has 0 aromatic heterocycles. The third-order valence-corrected chi connectivity index (χ3v) is 3.64. The normalized spacial score (nSPS) is 24.9. The molecule has 0 aromatic carbocycles. The average Bonchev–Trinajstić information content (AvgIpc) is 2.39. The Morgan fingerprint density at radius 3 is 2.05 bits per heavy atom. The van der Waals surface area contributed by atoms with E-state index in [0.29, 0.717) is 0 Å². The van der Waals surface area contributed by atoms with E-state index in [4.69, 9.17) is 4.74 Å². The highest BCUT2D eigenvalue weighted by atomic mass is 79.9. The molecule has 0 N–H and O–H groups in total. The number of amides is 2. The van der Waals surface area contributed by atoms with Crippen molar-refractivity contribution in [1.82, 2.24) is 9.80 Å². The molecule has 1 aliphatic rings. The third-order valence-electron chi connectivity index (χ3n) is 2.80. The lowest BCUT2D eigenvalue weighted by atomic mass is 9.91. The third kappa shape index (κ3) is 3.41. The van der Waals surface area contributed by atoms with Gasteiger partial charge in [0.25, 0.3) is 5.91 Å². The van der Waals surface area contributed by atoms with E-state index in [-0.39, 0.29) is 17.5 Å². The zero-order valence-corrected chi connectivity index (χ0v) is 14.2. The van der Waals surface area contributed by atoms with Crippen molar-refractivity contribution in [2.24, 2.45) is 5.41 Å². The van der Waals surface area contributed by atoms with Gasteiger partial charge in [0.05, 0.1) is 0 Å². The van der Waals surface area contributed by atoms with Crippen LogP contribution < -0.4 is 0 Å². The minimum Gasteiger partial charge on any atom is -0.444 e. The molecular formula is C13H23BrN2O3. The number of ether oxygens (including phenoxy) is 1. The molecule has 0 unspecified atom stereocenters. The molecule has 0 spiro atoms. The number of halogens is 1. The maximum atomic E-state index is 12.3. The largest absolute Gasteiger partial charge is 0.444 e. The molecule has 1 saturated heterocycles. The van der Waals surface area contributed by atoms with Crippen LogP contribution in [0.3, 0.4) is 0 Å². The number of rotatable bonds is 0. The first kappa shape index (κ1) is 16.3. The van der Waals surface area contributed by atoms with Gasteiger partial charge in [-0.2, -0.15) is 0 Å². The summed E-state index contributed by atoms with van der Waals surface area (Å²) in [5, 5.41) is 0. The Morgan fingerprint density at radius 1 is 1.21 bits per heavy atom. The molecule has 0 saturated carbocycles. The standard InChI is InChI=1S/C13H23BrN2O3/c1-12(2,3)10-15(7)9(17)8(14)16(10)11(18)19-13(4,5)6/h8,10H,1-7H3/t8-,10+/m0/s1. The second-order valence-electron chi connectivity index (χ2n) is 6.91. The number of carbonyl (C=O) groups is 2. The van der Waals surface area contributed by atoms with Gasteiger partial charge in [-0.3, -0.25) is 9.69 Å². The summed E-state index contributed by atoms with van der Waals surface area (Å²) >= 11 is 3.29. The van der Waals surface area contributed by atoms with Crippen LogP contribution in [0.25, 0.3) is 0 Å². The van der Waals surface area contributed by atoms with E-state index in [0.717, 1.165) is 0 Å². The fourth-order valence-electron chi connectivity index (χ4n) is 2.22. The smallest absolute Gasteiger partial charge is 0.413 e. The predicted molar refractivity (Wildman–Crippen MR) is 76.8 cm³/mol. The van der Waals surface area contributed by atoms with E-state index in [1.807, 2.05) is 41.5 Å². The van der Waals surface area contributed by atoms with E-state index in [1.165, 1.54) is 4.90 Å². The molecule has 2 amide bonds. The first-order chi connectivity index (χ1) is 8.36. The molecule has 0 aromatic rings. The van der Waals surface area contributed by atoms with Crippen LogP contribution in [-0.4, -0.2) is 45.6 Å². The predicted octanol–water partition coefficient (Wildman–Crippen LogP) is 2.79. The molecule has 6 heteroatoms. The summed E-state index contributed by atoms with van der Waals surface area (Å²) in [6.45, 7) is 11.4. The Kier molecular flexibility index (Phi) is 4.25. The summed E-state index contributed by atoms with van der Waals surface area (Å²) in [7, 11) is 1.71. The van der Waals surface area contributed by atoms with Gasteiger partial charge in [-0.15, -0.1) is 0 Å². The van der Waals surface area contributed by atoms with Gasteiger partial charge in [0.1, 0.15) is 11.8 Å². The van der Waals surface area contributed by atoms with Gasteiger partial charge in [0, 0.05) is 12.5 Å². The van der Waals surface area contributed by atoms with Crippen LogP contribution in [0.1, 0.15) is 41.5 Å². The molecule has 0 radical (unpaired) electrons. The van der Waals surface area contributed by atoms with Crippen LogP contribution in [0, 0.1) is 5.41 Å². The van der Waals surface area contributed by atoms with Gasteiger partial charge in [-0.25, -0.2) is 4.79 Å². The summed E-state index contributed by atoms with van der Waals surface area (Å²) in [5.74, 6) is -0.134. The second kappa shape index (κ2) is 4.96. The first-order valence-corrected chi connectivity index (χ1v) is 7.20. The van der Waals surface area contributed by atoms with Gasteiger partial charge in [0.2, 0.25) is 0 Å². The number of carbonyl (C=O) groups excluding carboxylic acids is 2. The number of likely N-dealkylation sites (N-methyl/N-ethyl adjacent to an activating group) is 1. The summed E-state index contributed by atoms with van der Waals surface area (Å²) in [5.41, 5.74) is -0.847. The lowest BCUT2D eigenvalue weighted by Gasteiger charge is -2.38. The van der Waals surface area contributed by atoms with Crippen LogP contribution in [0.15, 0.2) is 0 Å². The minimum absolute atomic E-state index is 0.134. The quantitative estimate of drug-likeness (QED) is 0.505. The molecule has 1 rings (SSSR count). The van der Waals surface area contributed by atoms with Gasteiger partial charge in [-0.1, -0.05) is 36.7 Å². The number of nitrogens with zero attached hydrogens (tertiary/aromatic N) is 2. The van der Waals surface area contributed by atoms with Crippen molar-refractivity contribution in [2.75, 3.05) is 7.05 Å². The molecule has 2 atom stereocenters. The van der Waals surface area contributed by atoms with Gasteiger partial charge in [0.15, 0.2) is 4.95 Å². The Balaban J connectivity index is 3.08. The zero-order valence-electron chi connectivity index (χ0n) is 12.7. The fourth-order valence-corrected chi connectivity index (χ4v) is 2.94. The summed E-state index contributed by atoms with van der Waals surface area (Å²) < 4.78 is 5.39. The van der Waals surface area contributed by atoms with Crippen molar-refractivity contribution >= 4 is 27.9 Å². The minimum atomic E-state index is -0.670. The van der Waals surface area contributed by atoms with Gasteiger partial charge < -0.3 is 9.64 Å². The Labute approximate surface area is 123 Å². The van der Waals surface area contributed by atoms with E-state index in [9.17, 15) is 9.59 Å². The van der Waals surface area contributed by atoms with Gasteiger partial charge in [-0.05, 0) is 20.8 Å². The van der Waals surface area contributed by atoms with Crippen LogP contribution in [0.4, 0.5) is 4.79 Å². The molecule has 1 heterocycles. The second-order valence-corrected chi connectivity index (χ2v) is 7.78. The molecule has 0 aliphatic carbocycles. The highest BCUT2D eigenvalue weighted by Gasteiger charge is 2.51. The molecule has 1 aliphatic heterocycles. The Morgan fingerprint density at radius 2 is 1.68 bits per heavy atom. The van der Waals surface area contributed by atoms with Crippen LogP contribution in [0.5, 0.6) is 0 Å². The monoisotopic (exact) mass is 334 g/mol. The van der Waals surface area contributed by atoms with Crippen molar-refractivity contribution in [3.8, 4) is 0 Å². The van der Waals surface area contributed by atoms with E-state index in [2.05, 4.69) is 15.9 Å². The Bertz CT molecular complexity index is 384. The topological polar surface area (TPSA) is 49.9 Å². The highest BCUT2D eigenvalue weighted by Crippen LogP contribution is 2.36. The van der Waals surface area contributed by atoms with Crippen molar-refractivity contribution in [2.45, 2.75) is 58.3 Å². The fraction of sp³-hybridized carbons (Fsp3) is 0.846. The first-order valence-electron chi connectivity index (χ1n) is 6.28. The summed E-state index contributed by atoms with van der Waals surface area (Å²) in [6.07, 6.45) is -0.814. The van der Waals surface area contributed by atoms with Crippen LogP contribution in [-0.2, 0) is 9.53 Å². The summed E-state index contributed by atoms with van der Waals surface area (Å²) in [4.78, 5) is 26.8. The van der Waals surface area contributed by atoms with E-state index < -0.39 is 16.6 Å². The Hall–Kier alpha value is -0.780. The summed E-state index contributed by atoms with van der Waals surface area (Å²) in [6, 6.07) is 0. The van der Waals surface area contributed by atoms with Crippen molar-refractivity contribution < 1.29 is 14.3 Å². The van der Waals surface area contributed by atoms with Crippen molar-refractivity contribution in [1.29, 1.82) is 0 Å². The highest BCUT2D eigenvalue weighted by molar-refractivity contribution is 9.10. The van der Waals surface area contributed by atoms with Gasteiger partial charge >= 0.3 is 6.09 Å². The molecule has 0 bridgehead atoms. The zero-order chi connectivity index (χ0) is 15.2. The lowest BCUT2D eigenvalue weighted by molar-refractivity contribution is -0.128. The van der Waals surface area contributed by atoms with Crippen LogP contribution >= 0.6 is 15.9 Å². The average molecular weight is 335 g/mol. The number of hydrogen-bond acceptors (Lipinski definition) is 3. The van der Waals surface area contributed by atoms with E-state index in [1.54, 1.807) is 11.9 Å². The van der Waals surface area contributed by atoms with Crippen molar-refractivity contribution in [3.63, 3.8) is 0 Å². The molecule has 1 fully saturated rings. The number of hydrogen-bond donors (Lipinski definition) is 0. The molecule has 5 nitrogen and oxygen atoms in total. The molecular weight excluding hydrogens is 312 g/mol.